The monoisotopic (exact) mass is 258 g/mol. The average molecular weight is 258 g/mol. The van der Waals surface area contributed by atoms with Crippen LogP contribution in [0.2, 0.25) is 0 Å². The molecule has 3 aliphatic rings. The van der Waals surface area contributed by atoms with E-state index in [4.69, 9.17) is 9.47 Å². The first-order valence-corrected chi connectivity index (χ1v) is 7.02. The van der Waals surface area contributed by atoms with Gasteiger partial charge in [0, 0.05) is 11.8 Å². The molecule has 2 nitrogen and oxygen atoms in total. The Hall–Kier alpha value is -1.12. The van der Waals surface area contributed by atoms with E-state index in [9.17, 15) is 0 Å². The van der Waals surface area contributed by atoms with Gasteiger partial charge in [-0.05, 0) is 31.4 Å². The fraction of sp³-hybridized carbons (Fsp3) is 0.529. The van der Waals surface area contributed by atoms with E-state index in [0.29, 0.717) is 25.0 Å². The molecule has 0 N–H and O–H groups in total. The topological polar surface area (TPSA) is 18.5 Å². The molecule has 2 heterocycles. The SMILES string of the molecule is C=C(C)C1=C[C@H]2C[C@H]3C=C(C(=C)C)CO[C@H]3[C@H]2OC1. The number of hydrogen-bond donors (Lipinski definition) is 0. The molecule has 0 unspecified atom stereocenters. The van der Waals surface area contributed by atoms with Crippen molar-refractivity contribution in [3.8, 4) is 0 Å². The first-order chi connectivity index (χ1) is 9.06. The quantitative estimate of drug-likeness (QED) is 0.755. The highest BCUT2D eigenvalue weighted by atomic mass is 16.5. The molecule has 1 saturated carbocycles. The molecule has 0 spiro atoms. The van der Waals surface area contributed by atoms with Crippen molar-refractivity contribution in [2.45, 2.75) is 32.5 Å². The summed E-state index contributed by atoms with van der Waals surface area (Å²) in [7, 11) is 0. The molecule has 2 aliphatic heterocycles. The Kier molecular flexibility index (Phi) is 3.23. The van der Waals surface area contributed by atoms with Gasteiger partial charge in [0.1, 0.15) is 0 Å². The van der Waals surface area contributed by atoms with Crippen LogP contribution < -0.4 is 0 Å². The lowest BCUT2D eigenvalue weighted by molar-refractivity contribution is -0.0710. The van der Waals surface area contributed by atoms with Crippen molar-refractivity contribution in [2.24, 2.45) is 11.8 Å². The summed E-state index contributed by atoms with van der Waals surface area (Å²) < 4.78 is 12.1. The van der Waals surface area contributed by atoms with Gasteiger partial charge < -0.3 is 9.47 Å². The van der Waals surface area contributed by atoms with Crippen molar-refractivity contribution in [1.82, 2.24) is 0 Å². The van der Waals surface area contributed by atoms with Crippen LogP contribution in [0.25, 0.3) is 0 Å². The summed E-state index contributed by atoms with van der Waals surface area (Å²) in [5.74, 6) is 0.937. The second kappa shape index (κ2) is 4.77. The van der Waals surface area contributed by atoms with Crippen LogP contribution in [0, 0.1) is 11.8 Å². The van der Waals surface area contributed by atoms with E-state index in [1.165, 1.54) is 11.1 Å². The lowest BCUT2D eigenvalue weighted by atomic mass is 9.95. The molecule has 0 aromatic heterocycles. The van der Waals surface area contributed by atoms with Gasteiger partial charge in [0.15, 0.2) is 0 Å². The highest BCUT2D eigenvalue weighted by molar-refractivity contribution is 5.34. The van der Waals surface area contributed by atoms with Gasteiger partial charge in [-0.1, -0.05) is 36.5 Å². The smallest absolute Gasteiger partial charge is 0.0910 e. The van der Waals surface area contributed by atoms with Crippen LogP contribution in [0.4, 0.5) is 0 Å². The third-order valence-electron chi connectivity index (χ3n) is 4.50. The number of hydrogen-bond acceptors (Lipinski definition) is 2. The number of ether oxygens (including phenoxy) is 2. The van der Waals surface area contributed by atoms with Crippen molar-refractivity contribution in [2.75, 3.05) is 13.2 Å². The second-order valence-electron chi connectivity index (χ2n) is 6.06. The first kappa shape index (κ1) is 12.9. The molecule has 19 heavy (non-hydrogen) atoms. The number of rotatable bonds is 2. The van der Waals surface area contributed by atoms with E-state index in [1.54, 1.807) is 0 Å². The maximum Gasteiger partial charge on any atom is 0.0910 e. The van der Waals surface area contributed by atoms with Gasteiger partial charge in [-0.2, -0.15) is 0 Å². The van der Waals surface area contributed by atoms with E-state index < -0.39 is 0 Å². The predicted molar refractivity (Wildman–Crippen MR) is 76.9 cm³/mol. The van der Waals surface area contributed by atoms with Gasteiger partial charge in [-0.15, -0.1) is 0 Å². The zero-order valence-electron chi connectivity index (χ0n) is 11.8. The second-order valence-corrected chi connectivity index (χ2v) is 6.06. The molecule has 2 heteroatoms. The Balaban J connectivity index is 1.83. The minimum Gasteiger partial charge on any atom is -0.370 e. The Morgan fingerprint density at radius 3 is 1.74 bits per heavy atom. The van der Waals surface area contributed by atoms with Crippen LogP contribution in [-0.2, 0) is 9.47 Å². The summed E-state index contributed by atoms with van der Waals surface area (Å²) in [6.45, 7) is 13.5. The van der Waals surface area contributed by atoms with Crippen molar-refractivity contribution in [3.63, 3.8) is 0 Å². The molecule has 0 amide bonds. The third-order valence-corrected chi connectivity index (χ3v) is 4.50. The highest BCUT2D eigenvalue weighted by Gasteiger charge is 2.46. The van der Waals surface area contributed by atoms with E-state index in [-0.39, 0.29) is 12.2 Å². The van der Waals surface area contributed by atoms with E-state index >= 15 is 0 Å². The molecule has 102 valence electrons. The minimum atomic E-state index is 0.219. The van der Waals surface area contributed by atoms with Crippen molar-refractivity contribution in [1.29, 1.82) is 0 Å². The largest absolute Gasteiger partial charge is 0.370 e. The first-order valence-electron chi connectivity index (χ1n) is 7.02. The lowest BCUT2D eigenvalue weighted by Crippen LogP contribution is -2.38. The highest BCUT2D eigenvalue weighted by Crippen LogP contribution is 2.43. The molecule has 0 aromatic carbocycles. The van der Waals surface area contributed by atoms with Gasteiger partial charge in [-0.3, -0.25) is 0 Å². The summed E-state index contributed by atoms with van der Waals surface area (Å²) in [4.78, 5) is 0. The van der Waals surface area contributed by atoms with Crippen molar-refractivity contribution in [3.05, 3.63) is 47.6 Å². The maximum atomic E-state index is 6.04. The predicted octanol–water partition coefficient (Wildman–Crippen LogP) is 3.43. The normalized spacial score (nSPS) is 36.9. The fourth-order valence-corrected chi connectivity index (χ4v) is 3.35. The zero-order valence-corrected chi connectivity index (χ0v) is 11.8. The van der Waals surface area contributed by atoms with Crippen molar-refractivity contribution < 1.29 is 9.47 Å². The van der Waals surface area contributed by atoms with Crippen LogP contribution in [-0.4, -0.2) is 25.4 Å². The molecule has 3 rings (SSSR count). The van der Waals surface area contributed by atoms with Crippen molar-refractivity contribution >= 4 is 0 Å². The Morgan fingerprint density at radius 1 is 0.947 bits per heavy atom. The molecule has 0 saturated heterocycles. The molecule has 0 bridgehead atoms. The molecule has 0 radical (unpaired) electrons. The molecule has 4 atom stereocenters. The zero-order chi connectivity index (χ0) is 13.6. The standard InChI is InChI=1S/C17H22O2/c1-10(2)14-6-12-5-13-7-15(11(3)4)9-19-17(13)16(12)18-8-14/h6-7,12-13,16-17H,1,3,5,8-9H2,2,4H3/t12-,13+,16+,17-. The average Bonchev–Trinajstić information content (AvgIpc) is 2.74. The van der Waals surface area contributed by atoms with E-state index in [0.717, 1.165) is 17.6 Å². The molecule has 1 fully saturated rings. The summed E-state index contributed by atoms with van der Waals surface area (Å²) in [5, 5.41) is 0. The molecular weight excluding hydrogens is 236 g/mol. The molecule has 0 aromatic rings. The lowest BCUT2D eigenvalue weighted by Gasteiger charge is -2.32. The number of fused-ring (bicyclic) bond motifs is 3. The van der Waals surface area contributed by atoms with Gasteiger partial charge in [0.25, 0.3) is 0 Å². The van der Waals surface area contributed by atoms with E-state index in [2.05, 4.69) is 25.3 Å². The third kappa shape index (κ3) is 2.24. The van der Waals surface area contributed by atoms with Crippen LogP contribution in [0.15, 0.2) is 47.6 Å². The molecular formula is C17H22O2. The van der Waals surface area contributed by atoms with Crippen LogP contribution >= 0.6 is 0 Å². The summed E-state index contributed by atoms with van der Waals surface area (Å²) in [5.41, 5.74) is 4.74. The summed E-state index contributed by atoms with van der Waals surface area (Å²) >= 11 is 0. The van der Waals surface area contributed by atoms with Gasteiger partial charge in [0.05, 0.1) is 25.4 Å². The maximum absolute atomic E-state index is 6.04. The molecule has 1 aliphatic carbocycles. The van der Waals surface area contributed by atoms with Crippen LogP contribution in [0.5, 0.6) is 0 Å². The Labute approximate surface area is 115 Å². The van der Waals surface area contributed by atoms with Crippen LogP contribution in [0.3, 0.4) is 0 Å². The van der Waals surface area contributed by atoms with Gasteiger partial charge in [0.2, 0.25) is 0 Å². The Morgan fingerprint density at radius 2 is 1.37 bits per heavy atom. The fourth-order valence-electron chi connectivity index (χ4n) is 3.35. The van der Waals surface area contributed by atoms with Gasteiger partial charge in [-0.25, -0.2) is 0 Å². The van der Waals surface area contributed by atoms with Gasteiger partial charge >= 0.3 is 0 Å². The van der Waals surface area contributed by atoms with E-state index in [1.807, 2.05) is 13.8 Å². The minimum absolute atomic E-state index is 0.219. The van der Waals surface area contributed by atoms with Crippen LogP contribution in [0.1, 0.15) is 20.3 Å². The summed E-state index contributed by atoms with van der Waals surface area (Å²) in [6, 6.07) is 0. The Bertz CT molecular complexity index is 439. The summed E-state index contributed by atoms with van der Waals surface area (Å²) in [6.07, 6.45) is 6.26.